The Labute approximate surface area is 115 Å². The van der Waals surface area contributed by atoms with Gasteiger partial charge in [0.1, 0.15) is 18.1 Å². The van der Waals surface area contributed by atoms with Gasteiger partial charge in [-0.3, -0.25) is 0 Å². The monoisotopic (exact) mass is 267 g/mol. The molecule has 0 saturated heterocycles. The second kappa shape index (κ2) is 6.75. The summed E-state index contributed by atoms with van der Waals surface area (Å²) in [4.78, 5) is 12.8. The number of nitrogens with one attached hydrogen (secondary N) is 1. The van der Waals surface area contributed by atoms with Gasteiger partial charge in [0.25, 0.3) is 0 Å². The van der Waals surface area contributed by atoms with E-state index in [0.29, 0.717) is 30.4 Å². The van der Waals surface area contributed by atoms with Gasteiger partial charge in [0.15, 0.2) is 0 Å². The summed E-state index contributed by atoms with van der Waals surface area (Å²) in [5.41, 5.74) is 1.08. The van der Waals surface area contributed by atoms with Crippen LogP contribution in [-0.4, -0.2) is 19.1 Å². The van der Waals surface area contributed by atoms with Crippen molar-refractivity contribution in [2.75, 3.05) is 13.1 Å². The number of aryl methyl sites for hydroxylation is 1. The molecule has 1 aromatic rings. The number of furan rings is 1. The van der Waals surface area contributed by atoms with Crippen molar-refractivity contribution < 1.29 is 19.2 Å². The molecule has 4 nitrogen and oxygen atoms in total. The van der Waals surface area contributed by atoms with E-state index in [-0.39, 0.29) is 5.56 Å². The average molecular weight is 267 g/mol. The number of carbonyl (C=O) groups excluding carboxylic acids is 1. The predicted octanol–water partition coefficient (Wildman–Crippen LogP) is 0.575. The van der Waals surface area contributed by atoms with E-state index >= 15 is 0 Å². The minimum atomic E-state index is -1.12. The van der Waals surface area contributed by atoms with E-state index in [9.17, 15) is 9.90 Å². The normalized spacial score (nSPS) is 11.5. The summed E-state index contributed by atoms with van der Waals surface area (Å²) in [5, 5.41) is 11.4. The largest absolute Gasteiger partial charge is 0.545 e. The quantitative estimate of drug-likeness (QED) is 0.786. The first-order valence-electron chi connectivity index (χ1n) is 7.06. The molecule has 0 bridgehead atoms. The Morgan fingerprint density at radius 3 is 2.32 bits per heavy atom. The number of hydrogen-bond acceptors (Lipinski definition) is 3. The highest BCUT2D eigenvalue weighted by atomic mass is 16.4. The van der Waals surface area contributed by atoms with E-state index in [0.717, 1.165) is 18.7 Å². The molecule has 0 radical (unpaired) electrons. The Bertz CT molecular complexity index is 431. The molecule has 1 aromatic heterocycles. The van der Waals surface area contributed by atoms with Crippen LogP contribution in [0.3, 0.4) is 0 Å². The van der Waals surface area contributed by atoms with E-state index in [1.54, 1.807) is 0 Å². The van der Waals surface area contributed by atoms with Gasteiger partial charge in [-0.2, -0.15) is 0 Å². The fraction of sp³-hybridized carbons (Fsp3) is 0.667. The lowest BCUT2D eigenvalue weighted by Gasteiger charge is -2.16. The van der Waals surface area contributed by atoms with Crippen LogP contribution in [0.2, 0.25) is 0 Å². The Balaban J connectivity index is 3.15. The maximum Gasteiger partial charge on any atom is 0.113 e. The molecule has 4 heteroatoms. The van der Waals surface area contributed by atoms with Crippen molar-refractivity contribution in [3.05, 3.63) is 22.6 Å². The van der Waals surface area contributed by atoms with Crippen LogP contribution >= 0.6 is 0 Å². The van der Waals surface area contributed by atoms with Crippen LogP contribution in [0.4, 0.5) is 0 Å². The fourth-order valence-electron chi connectivity index (χ4n) is 2.36. The number of aromatic carboxylic acids is 1. The van der Waals surface area contributed by atoms with E-state index in [1.165, 1.54) is 4.90 Å². The summed E-state index contributed by atoms with van der Waals surface area (Å²) in [6.07, 6.45) is 0.637. The molecular weight excluding hydrogens is 242 g/mol. The van der Waals surface area contributed by atoms with Crippen molar-refractivity contribution in [3.8, 4) is 0 Å². The zero-order chi connectivity index (χ0) is 14.6. The fourth-order valence-corrected chi connectivity index (χ4v) is 2.36. The molecule has 0 amide bonds. The van der Waals surface area contributed by atoms with Crippen LogP contribution in [-0.2, 0) is 13.0 Å². The van der Waals surface area contributed by atoms with Gasteiger partial charge >= 0.3 is 0 Å². The van der Waals surface area contributed by atoms with Gasteiger partial charge in [-0.05, 0) is 26.7 Å². The first-order valence-corrected chi connectivity index (χ1v) is 7.06. The van der Waals surface area contributed by atoms with Gasteiger partial charge < -0.3 is 19.2 Å². The molecule has 0 aliphatic carbocycles. The lowest BCUT2D eigenvalue weighted by molar-refractivity contribution is -0.910. The van der Waals surface area contributed by atoms with Gasteiger partial charge in [0.05, 0.1) is 24.6 Å². The van der Waals surface area contributed by atoms with Gasteiger partial charge in [0.2, 0.25) is 0 Å². The minimum Gasteiger partial charge on any atom is -0.545 e. The Hall–Kier alpha value is -1.29. The molecule has 0 atom stereocenters. The van der Waals surface area contributed by atoms with Crippen LogP contribution in [0.25, 0.3) is 0 Å². The topological polar surface area (TPSA) is 57.7 Å². The molecule has 0 fully saturated rings. The molecule has 0 aromatic carbocycles. The van der Waals surface area contributed by atoms with Gasteiger partial charge in [-0.1, -0.05) is 13.8 Å². The second-order valence-corrected chi connectivity index (χ2v) is 5.45. The molecule has 19 heavy (non-hydrogen) atoms. The van der Waals surface area contributed by atoms with Gasteiger partial charge in [-0.15, -0.1) is 0 Å². The molecular formula is C15H25NO3. The predicted molar refractivity (Wildman–Crippen MR) is 72.1 cm³/mol. The lowest BCUT2D eigenvalue weighted by atomic mass is 10.0. The van der Waals surface area contributed by atoms with Crippen molar-refractivity contribution in [1.29, 1.82) is 0 Å². The highest BCUT2D eigenvalue weighted by Gasteiger charge is 2.22. The van der Waals surface area contributed by atoms with Crippen molar-refractivity contribution >= 4 is 5.97 Å². The average Bonchev–Trinajstić information content (AvgIpc) is 2.61. The number of carboxylic acid groups (broad SMARTS) is 1. The van der Waals surface area contributed by atoms with E-state index < -0.39 is 5.97 Å². The second-order valence-electron chi connectivity index (χ2n) is 5.45. The number of carbonyl (C=O) groups is 1. The third kappa shape index (κ3) is 3.83. The van der Waals surface area contributed by atoms with Crippen LogP contribution in [0.15, 0.2) is 4.42 Å². The first-order chi connectivity index (χ1) is 8.90. The molecule has 0 unspecified atom stereocenters. The van der Waals surface area contributed by atoms with Gasteiger partial charge in [-0.25, -0.2) is 0 Å². The summed E-state index contributed by atoms with van der Waals surface area (Å²) in [6, 6.07) is 0. The Morgan fingerprint density at radius 2 is 1.89 bits per heavy atom. The van der Waals surface area contributed by atoms with E-state index in [1.807, 2.05) is 20.8 Å². The molecule has 1 N–H and O–H groups in total. The Morgan fingerprint density at radius 1 is 1.32 bits per heavy atom. The number of quaternary nitrogens is 1. The summed E-state index contributed by atoms with van der Waals surface area (Å²) in [7, 11) is 0. The SMILES string of the molecule is CC[NH+](CC)Cc1c(C)oc(CC(C)C)c1C(=O)[O-]. The first kappa shape index (κ1) is 15.8. The van der Waals surface area contributed by atoms with Crippen molar-refractivity contribution in [1.82, 2.24) is 0 Å². The molecule has 0 saturated carbocycles. The summed E-state index contributed by atoms with van der Waals surface area (Å²) < 4.78 is 5.67. The standard InChI is InChI=1S/C15H25NO3/c1-6-16(7-2)9-12-11(5)19-13(8-10(3)4)14(12)15(17)18/h10H,6-9H2,1-5H3,(H,17,18). The van der Waals surface area contributed by atoms with Crippen LogP contribution in [0, 0.1) is 12.8 Å². The lowest BCUT2D eigenvalue weighted by Crippen LogP contribution is -3.10. The Kier molecular flexibility index (Phi) is 5.60. The van der Waals surface area contributed by atoms with Crippen LogP contribution in [0.1, 0.15) is 55.1 Å². The van der Waals surface area contributed by atoms with Crippen LogP contribution in [0.5, 0.6) is 0 Å². The third-order valence-electron chi connectivity index (χ3n) is 3.51. The summed E-state index contributed by atoms with van der Waals surface area (Å²) in [6.45, 7) is 12.8. The molecule has 108 valence electrons. The molecule has 1 heterocycles. The molecule has 0 aliphatic rings. The number of hydrogen-bond donors (Lipinski definition) is 1. The van der Waals surface area contributed by atoms with Crippen molar-refractivity contribution in [2.45, 2.75) is 47.6 Å². The van der Waals surface area contributed by atoms with Crippen molar-refractivity contribution in [2.24, 2.45) is 5.92 Å². The number of rotatable bonds is 7. The number of carboxylic acids is 1. The van der Waals surface area contributed by atoms with Crippen molar-refractivity contribution in [3.63, 3.8) is 0 Å². The summed E-state index contributed by atoms with van der Waals surface area (Å²) in [5.74, 6) is 0.523. The maximum atomic E-state index is 11.4. The highest BCUT2D eigenvalue weighted by molar-refractivity contribution is 5.89. The zero-order valence-electron chi connectivity index (χ0n) is 12.6. The van der Waals surface area contributed by atoms with E-state index in [2.05, 4.69) is 13.8 Å². The molecule has 1 rings (SSSR count). The minimum absolute atomic E-state index is 0.283. The summed E-state index contributed by atoms with van der Waals surface area (Å²) >= 11 is 0. The molecule has 0 aliphatic heterocycles. The van der Waals surface area contributed by atoms with Gasteiger partial charge in [0, 0.05) is 12.0 Å². The maximum absolute atomic E-state index is 11.4. The van der Waals surface area contributed by atoms with E-state index in [4.69, 9.17) is 4.42 Å². The molecule has 0 spiro atoms. The zero-order valence-corrected chi connectivity index (χ0v) is 12.6. The van der Waals surface area contributed by atoms with Crippen LogP contribution < -0.4 is 10.0 Å². The smallest absolute Gasteiger partial charge is 0.113 e. The highest BCUT2D eigenvalue weighted by Crippen LogP contribution is 2.24. The third-order valence-corrected chi connectivity index (χ3v) is 3.51.